The number of halogens is 5. The van der Waals surface area contributed by atoms with Gasteiger partial charge in [0.15, 0.2) is 6.61 Å². The van der Waals surface area contributed by atoms with Gasteiger partial charge in [-0.3, -0.25) is 4.98 Å². The summed E-state index contributed by atoms with van der Waals surface area (Å²) in [6, 6.07) is 4.46. The maximum Gasteiger partial charge on any atom is 0.422 e. The lowest BCUT2D eigenvalue weighted by Gasteiger charge is -2.10. The number of alkyl halides is 3. The molecule has 2 nitrogen and oxygen atoms in total. The summed E-state index contributed by atoms with van der Waals surface area (Å²) in [5.41, 5.74) is 0.611. The van der Waals surface area contributed by atoms with Gasteiger partial charge in [0.25, 0.3) is 0 Å². The number of hydrogen-bond acceptors (Lipinski definition) is 2. The van der Waals surface area contributed by atoms with Crippen molar-refractivity contribution in [2.75, 3.05) is 6.61 Å². The van der Waals surface area contributed by atoms with E-state index in [-0.39, 0.29) is 5.75 Å². The lowest BCUT2D eigenvalue weighted by atomic mass is 10.2. The van der Waals surface area contributed by atoms with Crippen molar-refractivity contribution >= 4 is 45.1 Å². The Morgan fingerprint density at radius 1 is 1.33 bits per heavy atom. The Morgan fingerprint density at radius 3 is 2.72 bits per heavy atom. The minimum Gasteiger partial charge on any atom is -0.484 e. The van der Waals surface area contributed by atoms with Gasteiger partial charge in [-0.25, -0.2) is 0 Å². The fourth-order valence-electron chi connectivity index (χ4n) is 1.37. The number of rotatable bonds is 2. The third-order valence-corrected chi connectivity index (χ3v) is 3.68. The average molecular weight is 388 g/mol. The molecule has 1 aromatic heterocycles. The molecule has 0 aliphatic rings. The highest BCUT2D eigenvalue weighted by molar-refractivity contribution is 14.1. The maximum absolute atomic E-state index is 12.0. The minimum atomic E-state index is -4.36. The molecule has 0 N–H and O–H groups in total. The molecule has 0 saturated heterocycles. The van der Waals surface area contributed by atoms with Crippen molar-refractivity contribution < 1.29 is 17.9 Å². The molecule has 1 aromatic carbocycles. The monoisotopic (exact) mass is 387 g/mol. The van der Waals surface area contributed by atoms with Crippen LogP contribution in [0.1, 0.15) is 0 Å². The lowest BCUT2D eigenvalue weighted by molar-refractivity contribution is -0.153. The molecule has 0 bridgehead atoms. The smallest absolute Gasteiger partial charge is 0.422 e. The second-order valence-electron chi connectivity index (χ2n) is 3.50. The van der Waals surface area contributed by atoms with Gasteiger partial charge < -0.3 is 4.74 Å². The van der Waals surface area contributed by atoms with E-state index < -0.39 is 12.8 Å². The minimum absolute atomic E-state index is 0.116. The third kappa shape index (κ3) is 3.17. The summed E-state index contributed by atoms with van der Waals surface area (Å²) in [5, 5.41) is 1.03. The number of fused-ring (bicyclic) bond motifs is 1. The maximum atomic E-state index is 12.0. The zero-order valence-corrected chi connectivity index (χ0v) is 11.7. The molecule has 0 fully saturated rings. The summed E-state index contributed by atoms with van der Waals surface area (Å²) in [7, 11) is 0. The Bertz CT molecular complexity index is 588. The van der Waals surface area contributed by atoms with E-state index in [1.807, 2.05) is 22.6 Å². The van der Waals surface area contributed by atoms with Gasteiger partial charge >= 0.3 is 6.18 Å². The first kappa shape index (κ1) is 13.7. The van der Waals surface area contributed by atoms with Crippen LogP contribution in [-0.2, 0) is 0 Å². The average Bonchev–Trinajstić information content (AvgIpc) is 2.31. The topological polar surface area (TPSA) is 22.1 Å². The fraction of sp³-hybridized carbons (Fsp3) is 0.182. The first-order chi connectivity index (χ1) is 8.37. The van der Waals surface area contributed by atoms with Crippen molar-refractivity contribution in [3.05, 3.63) is 33.0 Å². The van der Waals surface area contributed by atoms with Crippen molar-refractivity contribution in [2.45, 2.75) is 6.18 Å². The van der Waals surface area contributed by atoms with E-state index in [1.165, 1.54) is 12.1 Å². The molecule has 0 aliphatic carbocycles. The van der Waals surface area contributed by atoms with Crippen LogP contribution in [0.5, 0.6) is 5.75 Å². The van der Waals surface area contributed by atoms with E-state index in [4.69, 9.17) is 11.6 Å². The molecule has 0 amide bonds. The second kappa shape index (κ2) is 5.08. The van der Waals surface area contributed by atoms with Crippen molar-refractivity contribution in [1.29, 1.82) is 0 Å². The van der Waals surface area contributed by atoms with Crippen molar-refractivity contribution in [3.63, 3.8) is 0 Å². The largest absolute Gasteiger partial charge is 0.484 e. The van der Waals surface area contributed by atoms with Gasteiger partial charge in [-0.1, -0.05) is 11.6 Å². The van der Waals surface area contributed by atoms with E-state index in [0.717, 1.165) is 3.57 Å². The first-order valence-corrected chi connectivity index (χ1v) is 6.26. The van der Waals surface area contributed by atoms with Crippen LogP contribution in [0.25, 0.3) is 10.9 Å². The van der Waals surface area contributed by atoms with Crippen LogP contribution < -0.4 is 4.74 Å². The first-order valence-electron chi connectivity index (χ1n) is 4.80. The van der Waals surface area contributed by atoms with Crippen molar-refractivity contribution in [3.8, 4) is 5.75 Å². The van der Waals surface area contributed by atoms with E-state index in [9.17, 15) is 13.2 Å². The molecule has 2 aromatic rings. The summed E-state index contributed by atoms with van der Waals surface area (Å²) < 4.78 is 41.5. The molecule has 18 heavy (non-hydrogen) atoms. The molecule has 2 rings (SSSR count). The Morgan fingerprint density at radius 2 is 2.06 bits per heavy atom. The van der Waals surface area contributed by atoms with E-state index >= 15 is 0 Å². The van der Waals surface area contributed by atoms with Crippen LogP contribution in [0, 0.1) is 3.57 Å². The molecule has 0 atom stereocenters. The van der Waals surface area contributed by atoms with Gasteiger partial charge in [0.1, 0.15) is 5.75 Å². The Labute approximate surface area is 119 Å². The van der Waals surface area contributed by atoms with Crippen LogP contribution >= 0.6 is 34.2 Å². The molecule has 1 heterocycles. The predicted molar refractivity (Wildman–Crippen MR) is 71.0 cm³/mol. The third-order valence-electron chi connectivity index (χ3n) is 2.13. The molecule has 0 saturated carbocycles. The summed E-state index contributed by atoms with van der Waals surface area (Å²) >= 11 is 8.07. The normalized spacial score (nSPS) is 11.8. The second-order valence-corrected chi connectivity index (χ2v) is 5.04. The van der Waals surface area contributed by atoms with Crippen LogP contribution in [0.2, 0.25) is 5.02 Å². The zero-order chi connectivity index (χ0) is 13.3. The highest BCUT2D eigenvalue weighted by Crippen LogP contribution is 2.30. The van der Waals surface area contributed by atoms with E-state index in [1.54, 1.807) is 12.3 Å². The standard InChI is InChI=1S/C11H6ClF3INO/c12-10-7-3-6(18-5-11(13,14)15)1-2-9(7)17-4-8(10)16/h1-4H,5H2. The fourth-order valence-corrected chi connectivity index (χ4v) is 2.00. The number of hydrogen-bond donors (Lipinski definition) is 0. The number of aromatic nitrogens is 1. The highest BCUT2D eigenvalue weighted by atomic mass is 127. The molecule has 0 aliphatic heterocycles. The summed E-state index contributed by atoms with van der Waals surface area (Å²) in [4.78, 5) is 4.12. The predicted octanol–water partition coefficient (Wildman–Crippen LogP) is 4.43. The van der Waals surface area contributed by atoms with Crippen LogP contribution in [0.3, 0.4) is 0 Å². The molecular formula is C11H6ClF3INO. The zero-order valence-electron chi connectivity index (χ0n) is 8.76. The molecule has 7 heteroatoms. The van der Waals surface area contributed by atoms with Crippen molar-refractivity contribution in [1.82, 2.24) is 4.98 Å². The molecule has 0 unspecified atom stereocenters. The van der Waals surface area contributed by atoms with E-state index in [2.05, 4.69) is 9.72 Å². The summed E-state index contributed by atoms with van der Waals surface area (Å²) in [6.45, 7) is -1.33. The highest BCUT2D eigenvalue weighted by Gasteiger charge is 2.28. The summed E-state index contributed by atoms with van der Waals surface area (Å²) in [6.07, 6.45) is -2.76. The van der Waals surface area contributed by atoms with Gasteiger partial charge in [0, 0.05) is 11.6 Å². The Kier molecular flexibility index (Phi) is 3.86. The van der Waals surface area contributed by atoms with Crippen LogP contribution in [0.4, 0.5) is 13.2 Å². The quantitative estimate of drug-likeness (QED) is 0.711. The van der Waals surface area contributed by atoms with E-state index in [0.29, 0.717) is 15.9 Å². The SMILES string of the molecule is FC(F)(F)COc1ccc2ncc(I)c(Cl)c2c1. The number of nitrogens with zero attached hydrogens (tertiary/aromatic N) is 1. The summed E-state index contributed by atoms with van der Waals surface area (Å²) in [5.74, 6) is 0.116. The molecule has 0 spiro atoms. The van der Waals surface area contributed by atoms with Crippen molar-refractivity contribution in [2.24, 2.45) is 0 Å². The van der Waals surface area contributed by atoms with Crippen LogP contribution in [0.15, 0.2) is 24.4 Å². The molecule has 0 radical (unpaired) electrons. The van der Waals surface area contributed by atoms with Gasteiger partial charge in [0.2, 0.25) is 0 Å². The number of pyridine rings is 1. The number of ether oxygens (including phenoxy) is 1. The molecular weight excluding hydrogens is 381 g/mol. The van der Waals surface area contributed by atoms with Gasteiger partial charge in [-0.2, -0.15) is 13.2 Å². The lowest BCUT2D eigenvalue weighted by Crippen LogP contribution is -2.19. The van der Waals surface area contributed by atoms with Gasteiger partial charge in [-0.05, 0) is 40.8 Å². The van der Waals surface area contributed by atoms with Gasteiger partial charge in [0.05, 0.1) is 14.1 Å². The van der Waals surface area contributed by atoms with Gasteiger partial charge in [-0.15, -0.1) is 0 Å². The molecule has 96 valence electrons. The number of benzene rings is 1. The Hall–Kier alpha value is -0.760. The van der Waals surface area contributed by atoms with Crippen LogP contribution in [-0.4, -0.2) is 17.8 Å². The Balaban J connectivity index is 2.35.